The molecule has 8 heteroatoms. The molecule has 0 N–H and O–H groups in total. The zero-order valence-corrected chi connectivity index (χ0v) is 12.5. The largest absolute Gasteiger partial charge is 0.341 e. The Morgan fingerprint density at radius 3 is 2.38 bits per heavy atom. The molecule has 0 fully saturated rings. The summed E-state index contributed by atoms with van der Waals surface area (Å²) in [5, 5.41) is 21.9. The summed E-state index contributed by atoms with van der Waals surface area (Å²) < 4.78 is 0.888. The molecule has 0 spiro atoms. The topological polar surface area (TPSA) is 108 Å². The van der Waals surface area contributed by atoms with Crippen LogP contribution in [-0.2, 0) is 6.42 Å². The molecule has 0 aliphatic rings. The van der Waals surface area contributed by atoms with E-state index in [1.54, 1.807) is 0 Å². The van der Waals surface area contributed by atoms with Crippen LogP contribution in [0.5, 0.6) is 0 Å². The predicted octanol–water partition coefficient (Wildman–Crippen LogP) is 2.47. The lowest BCUT2D eigenvalue weighted by Crippen LogP contribution is -2.26. The Balaban J connectivity index is 2.40. The van der Waals surface area contributed by atoms with Crippen LogP contribution in [0.15, 0.2) is 47.4 Å². The molecule has 0 saturated heterocycles. The van der Waals surface area contributed by atoms with Crippen LogP contribution < -0.4 is 5.56 Å². The molecule has 1 aromatic carbocycles. The van der Waals surface area contributed by atoms with Gasteiger partial charge in [-0.3, -0.25) is 29.6 Å². The van der Waals surface area contributed by atoms with Gasteiger partial charge in [0.25, 0.3) is 5.69 Å². The lowest BCUT2D eigenvalue weighted by Gasteiger charge is -2.14. The molecular weight excluding hydrogens is 314 g/mol. The van der Waals surface area contributed by atoms with Crippen LogP contribution in [0.4, 0.5) is 11.4 Å². The maximum atomic E-state index is 12.2. The fraction of sp³-hybridized carbons (Fsp3) is 0.188. The van der Waals surface area contributed by atoms with Gasteiger partial charge in [-0.15, -0.1) is 6.42 Å². The third kappa shape index (κ3) is 3.64. The number of hydrogen-bond acceptors (Lipinski definition) is 5. The molecule has 0 aliphatic carbocycles. The molecule has 1 heterocycles. The zero-order chi connectivity index (χ0) is 17.7. The Kier molecular flexibility index (Phi) is 5.06. The van der Waals surface area contributed by atoms with Crippen LogP contribution in [0.25, 0.3) is 0 Å². The number of benzene rings is 1. The molecule has 0 bridgehead atoms. The first-order valence-electron chi connectivity index (χ1n) is 6.99. The van der Waals surface area contributed by atoms with E-state index in [1.807, 2.05) is 30.3 Å². The van der Waals surface area contributed by atoms with E-state index in [0.29, 0.717) is 18.9 Å². The number of hydrogen-bond donors (Lipinski definition) is 0. The number of rotatable bonds is 6. The van der Waals surface area contributed by atoms with E-state index in [1.165, 1.54) is 0 Å². The molecule has 24 heavy (non-hydrogen) atoms. The number of terminal acetylenes is 1. The first kappa shape index (κ1) is 16.9. The Hall–Kier alpha value is -3.47. The zero-order valence-electron chi connectivity index (χ0n) is 12.5. The molecule has 0 amide bonds. The predicted molar refractivity (Wildman–Crippen MR) is 86.6 cm³/mol. The number of aryl methyl sites for hydroxylation is 1. The van der Waals surface area contributed by atoms with Gasteiger partial charge in [-0.25, -0.2) is 0 Å². The highest BCUT2D eigenvalue weighted by molar-refractivity contribution is 5.40. The standard InChI is InChI=1S/C16H13N3O5/c1-2-13(9-8-12-6-4-3-5-7-12)17-11-14(18(21)22)10-15(16(17)20)19(23)24/h1,3-7,10-11,13H,8-9H2/t13-/m0/s1. The van der Waals surface area contributed by atoms with Crippen molar-refractivity contribution in [3.8, 4) is 12.3 Å². The number of aromatic nitrogens is 1. The van der Waals surface area contributed by atoms with Crippen molar-refractivity contribution >= 4 is 11.4 Å². The lowest BCUT2D eigenvalue weighted by molar-refractivity contribution is -0.395. The van der Waals surface area contributed by atoms with Crippen LogP contribution in [-0.4, -0.2) is 14.4 Å². The third-order valence-corrected chi connectivity index (χ3v) is 3.49. The first-order valence-corrected chi connectivity index (χ1v) is 6.99. The van der Waals surface area contributed by atoms with Crippen LogP contribution in [0, 0.1) is 32.6 Å². The highest BCUT2D eigenvalue weighted by atomic mass is 16.6. The summed E-state index contributed by atoms with van der Waals surface area (Å²) >= 11 is 0. The summed E-state index contributed by atoms with van der Waals surface area (Å²) in [5.41, 5.74) is -1.40. The van der Waals surface area contributed by atoms with Crippen LogP contribution in [0.1, 0.15) is 18.0 Å². The second-order valence-corrected chi connectivity index (χ2v) is 5.02. The summed E-state index contributed by atoms with van der Waals surface area (Å²) in [6.45, 7) is 0. The van der Waals surface area contributed by atoms with Gasteiger partial charge in [0.2, 0.25) is 0 Å². The lowest BCUT2D eigenvalue weighted by atomic mass is 10.1. The van der Waals surface area contributed by atoms with E-state index in [0.717, 1.165) is 16.3 Å². The van der Waals surface area contributed by atoms with E-state index < -0.39 is 32.8 Å². The minimum Gasteiger partial charge on any atom is -0.288 e. The fourth-order valence-electron chi connectivity index (χ4n) is 2.29. The van der Waals surface area contributed by atoms with Crippen molar-refractivity contribution in [2.45, 2.75) is 18.9 Å². The van der Waals surface area contributed by atoms with E-state index in [-0.39, 0.29) is 0 Å². The number of nitro groups is 2. The monoisotopic (exact) mass is 327 g/mol. The second-order valence-electron chi connectivity index (χ2n) is 5.02. The Labute approximate surface area is 136 Å². The molecule has 0 saturated carbocycles. The van der Waals surface area contributed by atoms with E-state index in [9.17, 15) is 25.0 Å². The quantitative estimate of drug-likeness (QED) is 0.460. The van der Waals surface area contributed by atoms with Crippen LogP contribution >= 0.6 is 0 Å². The van der Waals surface area contributed by atoms with Gasteiger partial charge < -0.3 is 0 Å². The molecule has 2 rings (SSSR count). The average Bonchev–Trinajstić information content (AvgIpc) is 2.57. The molecule has 1 aromatic heterocycles. The van der Waals surface area contributed by atoms with Gasteiger partial charge in [0, 0.05) is 0 Å². The maximum Gasteiger partial charge on any atom is 0.341 e. The summed E-state index contributed by atoms with van der Waals surface area (Å²) in [7, 11) is 0. The molecule has 0 unspecified atom stereocenters. The highest BCUT2D eigenvalue weighted by Gasteiger charge is 2.24. The third-order valence-electron chi connectivity index (χ3n) is 3.49. The summed E-state index contributed by atoms with van der Waals surface area (Å²) in [5.74, 6) is 2.38. The minimum atomic E-state index is -0.957. The normalized spacial score (nSPS) is 11.5. The van der Waals surface area contributed by atoms with Crippen LogP contribution in [0.2, 0.25) is 0 Å². The molecule has 1 atom stereocenters. The van der Waals surface area contributed by atoms with Gasteiger partial charge in [0.15, 0.2) is 0 Å². The Bertz CT molecular complexity index is 868. The molecule has 0 radical (unpaired) electrons. The Morgan fingerprint density at radius 2 is 1.83 bits per heavy atom. The molecule has 8 nitrogen and oxygen atoms in total. The number of nitrogens with zero attached hydrogens (tertiary/aromatic N) is 3. The average molecular weight is 327 g/mol. The van der Waals surface area contributed by atoms with E-state index >= 15 is 0 Å². The number of pyridine rings is 1. The molecule has 2 aromatic rings. The van der Waals surface area contributed by atoms with Crippen molar-refractivity contribution in [1.29, 1.82) is 0 Å². The molecule has 0 aliphatic heterocycles. The van der Waals surface area contributed by atoms with Crippen molar-refractivity contribution in [2.75, 3.05) is 0 Å². The molecule has 122 valence electrons. The van der Waals surface area contributed by atoms with Gasteiger partial charge in [-0.1, -0.05) is 36.3 Å². The van der Waals surface area contributed by atoms with Gasteiger partial charge in [0.1, 0.15) is 6.07 Å². The summed E-state index contributed by atoms with van der Waals surface area (Å²) in [6.07, 6.45) is 7.23. The van der Waals surface area contributed by atoms with Crippen molar-refractivity contribution in [3.05, 3.63) is 78.7 Å². The van der Waals surface area contributed by atoms with Gasteiger partial charge in [0.05, 0.1) is 22.1 Å². The van der Waals surface area contributed by atoms with Crippen molar-refractivity contribution in [1.82, 2.24) is 4.57 Å². The second kappa shape index (κ2) is 7.19. The fourth-order valence-corrected chi connectivity index (χ4v) is 2.29. The SMILES string of the molecule is C#C[C@@H](CCc1ccccc1)n1cc([N+](=O)[O-])cc([N+](=O)[O-])c1=O. The summed E-state index contributed by atoms with van der Waals surface area (Å²) in [6, 6.07) is 9.14. The van der Waals surface area contributed by atoms with Crippen molar-refractivity contribution in [3.63, 3.8) is 0 Å². The maximum absolute atomic E-state index is 12.2. The van der Waals surface area contributed by atoms with Gasteiger partial charge in [-0.2, -0.15) is 0 Å². The smallest absolute Gasteiger partial charge is 0.288 e. The van der Waals surface area contributed by atoms with Crippen molar-refractivity contribution in [2.24, 2.45) is 0 Å². The molecular formula is C16H13N3O5. The highest BCUT2D eigenvalue weighted by Crippen LogP contribution is 2.20. The van der Waals surface area contributed by atoms with Gasteiger partial charge >= 0.3 is 11.2 Å². The first-order chi connectivity index (χ1) is 11.4. The van der Waals surface area contributed by atoms with Crippen molar-refractivity contribution < 1.29 is 9.85 Å². The Morgan fingerprint density at radius 1 is 1.17 bits per heavy atom. The van der Waals surface area contributed by atoms with Gasteiger partial charge in [-0.05, 0) is 18.4 Å². The minimum absolute atomic E-state index is 0.318. The van der Waals surface area contributed by atoms with E-state index in [2.05, 4.69) is 5.92 Å². The summed E-state index contributed by atoms with van der Waals surface area (Å²) in [4.78, 5) is 32.4. The van der Waals surface area contributed by atoms with Crippen LogP contribution in [0.3, 0.4) is 0 Å². The van der Waals surface area contributed by atoms with E-state index in [4.69, 9.17) is 6.42 Å².